The Morgan fingerprint density at radius 1 is 1.05 bits per heavy atom. The van der Waals surface area contributed by atoms with E-state index in [-0.39, 0.29) is 11.3 Å². The Hall–Kier alpha value is -0.610. The SMILES string of the molecule is NCC1(C(=O)NCCN2CCCC2)CCCCCC1. The van der Waals surface area contributed by atoms with Gasteiger partial charge in [0.15, 0.2) is 0 Å². The summed E-state index contributed by atoms with van der Waals surface area (Å²) in [7, 11) is 0. The van der Waals surface area contributed by atoms with Gasteiger partial charge in [-0.2, -0.15) is 0 Å². The smallest absolute Gasteiger partial charge is 0.227 e. The summed E-state index contributed by atoms with van der Waals surface area (Å²) in [6.07, 6.45) is 9.36. The Morgan fingerprint density at radius 2 is 1.68 bits per heavy atom. The molecule has 0 bridgehead atoms. The standard InChI is InChI=1S/C15H29N3O/c16-13-15(7-3-1-2-4-8-15)14(19)17-9-12-18-10-5-6-11-18/h1-13,16H2,(H,17,19). The Labute approximate surface area is 117 Å². The lowest BCUT2D eigenvalue weighted by molar-refractivity contribution is -0.131. The van der Waals surface area contributed by atoms with E-state index < -0.39 is 0 Å². The predicted octanol–water partition coefficient (Wildman–Crippen LogP) is 1.50. The number of carbonyl (C=O) groups excluding carboxylic acids is 1. The molecular weight excluding hydrogens is 238 g/mol. The summed E-state index contributed by atoms with van der Waals surface area (Å²) < 4.78 is 0. The first kappa shape index (κ1) is 14.8. The van der Waals surface area contributed by atoms with Crippen LogP contribution in [0.2, 0.25) is 0 Å². The summed E-state index contributed by atoms with van der Waals surface area (Å²) in [6, 6.07) is 0. The van der Waals surface area contributed by atoms with Gasteiger partial charge >= 0.3 is 0 Å². The van der Waals surface area contributed by atoms with Gasteiger partial charge in [-0.05, 0) is 38.8 Å². The molecular formula is C15H29N3O. The fourth-order valence-electron chi connectivity index (χ4n) is 3.45. The first-order chi connectivity index (χ1) is 9.27. The zero-order valence-electron chi connectivity index (χ0n) is 12.1. The first-order valence-electron chi connectivity index (χ1n) is 7.98. The van der Waals surface area contributed by atoms with E-state index in [2.05, 4.69) is 10.2 Å². The van der Waals surface area contributed by atoms with Crippen molar-refractivity contribution in [3.05, 3.63) is 0 Å². The van der Waals surface area contributed by atoms with Crippen molar-refractivity contribution >= 4 is 5.91 Å². The maximum Gasteiger partial charge on any atom is 0.227 e. The van der Waals surface area contributed by atoms with Crippen LogP contribution >= 0.6 is 0 Å². The molecule has 19 heavy (non-hydrogen) atoms. The minimum absolute atomic E-state index is 0.205. The molecule has 0 unspecified atom stereocenters. The lowest BCUT2D eigenvalue weighted by Crippen LogP contribution is -2.47. The van der Waals surface area contributed by atoms with E-state index in [1.807, 2.05) is 0 Å². The van der Waals surface area contributed by atoms with Gasteiger partial charge in [0.1, 0.15) is 0 Å². The molecule has 0 aromatic heterocycles. The fraction of sp³-hybridized carbons (Fsp3) is 0.933. The van der Waals surface area contributed by atoms with Crippen LogP contribution in [0.3, 0.4) is 0 Å². The Balaban J connectivity index is 1.78. The Morgan fingerprint density at radius 3 is 2.26 bits per heavy atom. The predicted molar refractivity (Wildman–Crippen MR) is 77.9 cm³/mol. The first-order valence-corrected chi connectivity index (χ1v) is 7.98. The van der Waals surface area contributed by atoms with Crippen LogP contribution in [0, 0.1) is 5.41 Å². The molecule has 0 radical (unpaired) electrons. The molecule has 1 heterocycles. The molecule has 0 spiro atoms. The fourth-order valence-corrected chi connectivity index (χ4v) is 3.45. The summed E-state index contributed by atoms with van der Waals surface area (Å²) >= 11 is 0. The minimum Gasteiger partial charge on any atom is -0.354 e. The maximum atomic E-state index is 12.5. The van der Waals surface area contributed by atoms with Crippen molar-refractivity contribution in [1.82, 2.24) is 10.2 Å². The molecule has 3 N–H and O–H groups in total. The van der Waals surface area contributed by atoms with Gasteiger partial charge in [-0.1, -0.05) is 25.7 Å². The number of nitrogens with two attached hydrogens (primary N) is 1. The van der Waals surface area contributed by atoms with Crippen LogP contribution in [0.25, 0.3) is 0 Å². The van der Waals surface area contributed by atoms with Gasteiger partial charge < -0.3 is 16.0 Å². The number of likely N-dealkylation sites (tertiary alicyclic amines) is 1. The number of hydrogen-bond donors (Lipinski definition) is 2. The van der Waals surface area contributed by atoms with Crippen LogP contribution in [0.1, 0.15) is 51.4 Å². The van der Waals surface area contributed by atoms with E-state index in [0.717, 1.165) is 38.8 Å². The van der Waals surface area contributed by atoms with Crippen molar-refractivity contribution in [2.45, 2.75) is 51.4 Å². The molecule has 0 aromatic carbocycles. The summed E-state index contributed by atoms with van der Waals surface area (Å²) in [5.41, 5.74) is 5.65. The normalized spacial score (nSPS) is 24.1. The van der Waals surface area contributed by atoms with Gasteiger partial charge in [-0.25, -0.2) is 0 Å². The van der Waals surface area contributed by atoms with E-state index in [1.54, 1.807) is 0 Å². The second-order valence-electron chi connectivity index (χ2n) is 6.20. The summed E-state index contributed by atoms with van der Waals surface area (Å²) in [4.78, 5) is 14.9. The highest BCUT2D eigenvalue weighted by Gasteiger charge is 2.36. The van der Waals surface area contributed by atoms with Gasteiger partial charge in [0.25, 0.3) is 0 Å². The van der Waals surface area contributed by atoms with Crippen molar-refractivity contribution in [3.8, 4) is 0 Å². The van der Waals surface area contributed by atoms with Crippen molar-refractivity contribution < 1.29 is 4.79 Å². The van der Waals surface area contributed by atoms with Crippen LogP contribution in [-0.4, -0.2) is 43.5 Å². The number of amides is 1. The van der Waals surface area contributed by atoms with E-state index in [4.69, 9.17) is 5.73 Å². The van der Waals surface area contributed by atoms with E-state index >= 15 is 0 Å². The third-order valence-electron chi connectivity index (χ3n) is 4.85. The second-order valence-corrected chi connectivity index (χ2v) is 6.20. The van der Waals surface area contributed by atoms with Crippen LogP contribution in [0.15, 0.2) is 0 Å². The average molecular weight is 267 g/mol. The van der Waals surface area contributed by atoms with E-state index in [1.165, 1.54) is 38.8 Å². The number of nitrogens with zero attached hydrogens (tertiary/aromatic N) is 1. The molecule has 0 atom stereocenters. The molecule has 2 fully saturated rings. The highest BCUT2D eigenvalue weighted by Crippen LogP contribution is 2.34. The van der Waals surface area contributed by atoms with Crippen LogP contribution in [0.4, 0.5) is 0 Å². The largest absolute Gasteiger partial charge is 0.354 e. The monoisotopic (exact) mass is 267 g/mol. The van der Waals surface area contributed by atoms with E-state index in [9.17, 15) is 4.79 Å². The average Bonchev–Trinajstić information content (AvgIpc) is 2.82. The van der Waals surface area contributed by atoms with Crippen LogP contribution in [-0.2, 0) is 4.79 Å². The second kappa shape index (κ2) is 7.25. The summed E-state index contributed by atoms with van der Waals surface area (Å²) in [5.74, 6) is 0.205. The molecule has 1 aliphatic carbocycles. The third-order valence-corrected chi connectivity index (χ3v) is 4.85. The Bertz CT molecular complexity index is 279. The highest BCUT2D eigenvalue weighted by molar-refractivity contribution is 5.82. The maximum absolute atomic E-state index is 12.5. The molecule has 1 saturated heterocycles. The lowest BCUT2D eigenvalue weighted by atomic mass is 9.79. The number of carbonyl (C=O) groups is 1. The van der Waals surface area contributed by atoms with Crippen molar-refractivity contribution in [1.29, 1.82) is 0 Å². The molecule has 2 aliphatic rings. The molecule has 4 nitrogen and oxygen atoms in total. The zero-order chi connectivity index (χ0) is 13.6. The van der Waals surface area contributed by atoms with Gasteiger partial charge in [-0.3, -0.25) is 4.79 Å². The third kappa shape index (κ3) is 3.93. The molecule has 0 aromatic rings. The van der Waals surface area contributed by atoms with Crippen LogP contribution < -0.4 is 11.1 Å². The highest BCUT2D eigenvalue weighted by atomic mass is 16.2. The molecule has 1 saturated carbocycles. The van der Waals surface area contributed by atoms with Gasteiger partial charge in [0.2, 0.25) is 5.91 Å². The number of nitrogens with one attached hydrogen (secondary N) is 1. The minimum atomic E-state index is -0.276. The molecule has 110 valence electrons. The number of rotatable bonds is 5. The molecule has 4 heteroatoms. The van der Waals surface area contributed by atoms with Crippen LogP contribution in [0.5, 0.6) is 0 Å². The van der Waals surface area contributed by atoms with Crippen molar-refractivity contribution in [2.75, 3.05) is 32.7 Å². The lowest BCUT2D eigenvalue weighted by Gasteiger charge is -2.30. The topological polar surface area (TPSA) is 58.4 Å². The molecule has 1 amide bonds. The molecule has 2 rings (SSSR count). The molecule has 1 aliphatic heterocycles. The number of hydrogen-bond acceptors (Lipinski definition) is 3. The zero-order valence-corrected chi connectivity index (χ0v) is 12.1. The quantitative estimate of drug-likeness (QED) is 0.742. The summed E-state index contributed by atoms with van der Waals surface area (Å²) in [5, 5.41) is 3.14. The van der Waals surface area contributed by atoms with Gasteiger partial charge in [0, 0.05) is 19.6 Å². The summed E-state index contributed by atoms with van der Waals surface area (Å²) in [6.45, 7) is 4.66. The van der Waals surface area contributed by atoms with Crippen molar-refractivity contribution in [2.24, 2.45) is 11.1 Å². The Kier molecular flexibility index (Phi) is 5.64. The van der Waals surface area contributed by atoms with Crippen molar-refractivity contribution in [3.63, 3.8) is 0 Å². The van der Waals surface area contributed by atoms with Gasteiger partial charge in [-0.15, -0.1) is 0 Å². The van der Waals surface area contributed by atoms with E-state index in [0.29, 0.717) is 6.54 Å². The van der Waals surface area contributed by atoms with Gasteiger partial charge in [0.05, 0.1) is 5.41 Å².